The molecule has 1 aromatic carbocycles. The van der Waals surface area contributed by atoms with E-state index in [4.69, 9.17) is 16.3 Å². The van der Waals surface area contributed by atoms with Gasteiger partial charge in [-0.2, -0.15) is 5.10 Å². The molecule has 0 saturated carbocycles. The van der Waals surface area contributed by atoms with Crippen molar-refractivity contribution in [2.45, 2.75) is 52.6 Å². The fourth-order valence-corrected chi connectivity index (χ4v) is 4.13. The van der Waals surface area contributed by atoms with Crippen LogP contribution in [0.1, 0.15) is 54.0 Å². The highest BCUT2D eigenvalue weighted by atomic mass is 35.5. The van der Waals surface area contributed by atoms with E-state index in [1.165, 1.54) is 0 Å². The molecule has 1 N–H and O–H groups in total. The zero-order chi connectivity index (χ0) is 22.1. The van der Waals surface area contributed by atoms with Crippen molar-refractivity contribution in [2.75, 3.05) is 19.7 Å². The number of hydrogen-bond acceptors (Lipinski definition) is 4. The van der Waals surface area contributed by atoms with Gasteiger partial charge in [0, 0.05) is 18.6 Å². The van der Waals surface area contributed by atoms with Gasteiger partial charge in [-0.3, -0.25) is 9.48 Å². The van der Waals surface area contributed by atoms with Gasteiger partial charge < -0.3 is 14.7 Å². The van der Waals surface area contributed by atoms with Gasteiger partial charge in [-0.05, 0) is 68.4 Å². The number of aryl methyl sites for hydroxylation is 3. The maximum absolute atomic E-state index is 13.1. The molecule has 1 aromatic heterocycles. The van der Waals surface area contributed by atoms with Crippen molar-refractivity contribution >= 4 is 17.5 Å². The number of amides is 1. The Kier molecular flexibility index (Phi) is 6.78. The average molecular weight is 434 g/mol. The molecule has 2 heterocycles. The zero-order valence-corrected chi connectivity index (χ0v) is 19.3. The van der Waals surface area contributed by atoms with Crippen molar-refractivity contribution in [2.24, 2.45) is 13.0 Å². The largest absolute Gasteiger partial charge is 0.491 e. The molecular formula is C23H32ClN3O3. The van der Waals surface area contributed by atoms with E-state index in [1.807, 2.05) is 32.0 Å². The fraction of sp³-hybridized carbons (Fsp3) is 0.565. The Morgan fingerprint density at radius 1 is 1.30 bits per heavy atom. The summed E-state index contributed by atoms with van der Waals surface area (Å²) >= 11 is 6.22. The van der Waals surface area contributed by atoms with Crippen molar-refractivity contribution in [3.63, 3.8) is 0 Å². The minimum absolute atomic E-state index is 0.101. The van der Waals surface area contributed by atoms with Crippen molar-refractivity contribution < 1.29 is 14.6 Å². The highest BCUT2D eigenvalue weighted by Crippen LogP contribution is 2.28. The van der Waals surface area contributed by atoms with Crippen LogP contribution in [0.25, 0.3) is 0 Å². The third-order valence-corrected chi connectivity index (χ3v) is 6.12. The lowest BCUT2D eigenvalue weighted by molar-refractivity contribution is -0.0534. The number of carbonyl (C=O) groups excluding carboxylic acids is 1. The van der Waals surface area contributed by atoms with Crippen LogP contribution in [0.2, 0.25) is 5.02 Å². The molecule has 1 amide bonds. The molecule has 7 heteroatoms. The topological polar surface area (TPSA) is 67.6 Å². The maximum Gasteiger partial charge on any atom is 0.272 e. The summed E-state index contributed by atoms with van der Waals surface area (Å²) in [6.45, 7) is 9.10. The van der Waals surface area contributed by atoms with Gasteiger partial charge in [0.2, 0.25) is 0 Å². The van der Waals surface area contributed by atoms with Crippen molar-refractivity contribution in [1.29, 1.82) is 0 Å². The molecule has 1 fully saturated rings. The minimum Gasteiger partial charge on any atom is -0.491 e. The van der Waals surface area contributed by atoms with Gasteiger partial charge in [0.15, 0.2) is 0 Å². The number of β-amino-alcohol motifs (C(OH)–C–C–N with tert-alkyl or cyclic N) is 1. The third kappa shape index (κ3) is 5.16. The second kappa shape index (κ2) is 8.98. The molecule has 0 spiro atoms. The highest BCUT2D eigenvalue weighted by Gasteiger charge is 2.37. The number of benzene rings is 1. The predicted molar refractivity (Wildman–Crippen MR) is 118 cm³/mol. The molecule has 0 radical (unpaired) electrons. The number of halogens is 1. The number of aromatic nitrogens is 2. The monoisotopic (exact) mass is 433 g/mol. The summed E-state index contributed by atoms with van der Waals surface area (Å²) in [5.74, 6) is 1.05. The number of likely N-dealkylation sites (tertiary alicyclic amines) is 1. The Balaban J connectivity index is 1.68. The van der Waals surface area contributed by atoms with Gasteiger partial charge in [-0.1, -0.05) is 25.4 Å². The van der Waals surface area contributed by atoms with Gasteiger partial charge in [0.05, 0.1) is 12.2 Å². The van der Waals surface area contributed by atoms with Crippen molar-refractivity contribution in [3.8, 4) is 5.75 Å². The highest BCUT2D eigenvalue weighted by molar-refractivity contribution is 6.32. The molecule has 0 bridgehead atoms. The van der Waals surface area contributed by atoms with Gasteiger partial charge in [0.25, 0.3) is 5.91 Å². The van der Waals surface area contributed by atoms with E-state index < -0.39 is 5.60 Å². The Morgan fingerprint density at radius 2 is 1.97 bits per heavy atom. The molecule has 1 aliphatic rings. The summed E-state index contributed by atoms with van der Waals surface area (Å²) in [7, 11) is 1.79. The number of aliphatic hydroxyl groups is 1. The number of carbonyl (C=O) groups is 1. The molecule has 1 unspecified atom stereocenters. The predicted octanol–water partition coefficient (Wildman–Crippen LogP) is 3.93. The number of nitrogens with zero attached hydrogens (tertiary/aromatic N) is 3. The van der Waals surface area contributed by atoms with E-state index in [0.717, 1.165) is 34.7 Å². The SMILES string of the molecule is Cc1cc(OCC2(O)CCCN(C(=O)c3cc(CC(C)C)nn3C)C2)cc(C)c1Cl. The summed E-state index contributed by atoms with van der Waals surface area (Å²) in [5, 5.41) is 16.3. The summed E-state index contributed by atoms with van der Waals surface area (Å²) in [6, 6.07) is 5.61. The van der Waals surface area contributed by atoms with E-state index in [2.05, 4.69) is 18.9 Å². The summed E-state index contributed by atoms with van der Waals surface area (Å²) < 4.78 is 7.55. The molecule has 6 nitrogen and oxygen atoms in total. The molecule has 30 heavy (non-hydrogen) atoms. The number of piperidine rings is 1. The molecule has 2 aromatic rings. The van der Waals surface area contributed by atoms with Gasteiger partial charge in [-0.15, -0.1) is 0 Å². The van der Waals surface area contributed by atoms with Gasteiger partial charge >= 0.3 is 0 Å². The first kappa shape index (κ1) is 22.6. The number of rotatable bonds is 6. The van der Waals surface area contributed by atoms with E-state index in [9.17, 15) is 9.90 Å². The molecule has 0 aliphatic carbocycles. The summed E-state index contributed by atoms with van der Waals surface area (Å²) in [4.78, 5) is 14.8. The lowest BCUT2D eigenvalue weighted by Crippen LogP contribution is -2.53. The minimum atomic E-state index is -1.09. The Bertz CT molecular complexity index is 901. The van der Waals surface area contributed by atoms with Crippen LogP contribution in [-0.2, 0) is 13.5 Å². The Labute approximate surface area is 183 Å². The quantitative estimate of drug-likeness (QED) is 0.749. The molecule has 1 saturated heterocycles. The molecule has 3 rings (SSSR count). The van der Waals surface area contributed by atoms with Crippen LogP contribution in [0, 0.1) is 19.8 Å². The Morgan fingerprint density at radius 3 is 2.60 bits per heavy atom. The van der Waals surface area contributed by atoms with Crippen LogP contribution in [0.4, 0.5) is 0 Å². The van der Waals surface area contributed by atoms with Crippen LogP contribution in [0.5, 0.6) is 5.75 Å². The average Bonchev–Trinajstić information content (AvgIpc) is 3.03. The van der Waals surface area contributed by atoms with E-state index in [1.54, 1.807) is 16.6 Å². The smallest absolute Gasteiger partial charge is 0.272 e. The Hall–Kier alpha value is -2.05. The molecular weight excluding hydrogens is 402 g/mol. The number of ether oxygens (including phenoxy) is 1. The lowest BCUT2D eigenvalue weighted by Gasteiger charge is -2.38. The summed E-state index contributed by atoms with van der Waals surface area (Å²) in [5.41, 5.74) is 2.26. The van der Waals surface area contributed by atoms with E-state index >= 15 is 0 Å². The number of hydrogen-bond donors (Lipinski definition) is 1. The second-order valence-corrected chi connectivity index (χ2v) is 9.33. The van der Waals surface area contributed by atoms with Gasteiger partial charge in [0.1, 0.15) is 23.7 Å². The van der Waals surface area contributed by atoms with E-state index in [0.29, 0.717) is 30.3 Å². The van der Waals surface area contributed by atoms with Crippen LogP contribution in [0.3, 0.4) is 0 Å². The van der Waals surface area contributed by atoms with Crippen LogP contribution < -0.4 is 4.74 Å². The molecule has 1 aliphatic heterocycles. The maximum atomic E-state index is 13.1. The zero-order valence-electron chi connectivity index (χ0n) is 18.5. The first-order chi connectivity index (χ1) is 14.1. The first-order valence-electron chi connectivity index (χ1n) is 10.5. The molecule has 1 atom stereocenters. The normalized spacial score (nSPS) is 19.4. The van der Waals surface area contributed by atoms with Crippen LogP contribution >= 0.6 is 11.6 Å². The standard InChI is InChI=1S/C23H32ClN3O3/c1-15(2)9-18-12-20(26(5)25-18)22(28)27-8-6-7-23(29,13-27)14-30-19-10-16(3)21(24)17(4)11-19/h10-12,15,29H,6-9,13-14H2,1-5H3. The third-order valence-electron chi connectivity index (χ3n) is 5.53. The van der Waals surface area contributed by atoms with Crippen LogP contribution in [0.15, 0.2) is 18.2 Å². The van der Waals surface area contributed by atoms with Crippen molar-refractivity contribution in [1.82, 2.24) is 14.7 Å². The summed E-state index contributed by atoms with van der Waals surface area (Å²) in [6.07, 6.45) is 2.14. The molecule has 164 valence electrons. The second-order valence-electron chi connectivity index (χ2n) is 8.96. The fourth-order valence-electron chi connectivity index (χ4n) is 4.02. The van der Waals surface area contributed by atoms with E-state index in [-0.39, 0.29) is 19.1 Å². The lowest BCUT2D eigenvalue weighted by atomic mass is 9.93. The first-order valence-corrected chi connectivity index (χ1v) is 10.9. The van der Waals surface area contributed by atoms with Gasteiger partial charge in [-0.25, -0.2) is 0 Å². The van der Waals surface area contributed by atoms with Crippen LogP contribution in [-0.4, -0.2) is 51.0 Å². The van der Waals surface area contributed by atoms with Crippen molar-refractivity contribution in [3.05, 3.63) is 45.7 Å².